The second-order valence-corrected chi connectivity index (χ2v) is 7.68. The summed E-state index contributed by atoms with van der Waals surface area (Å²) in [7, 11) is 0. The number of anilines is 1. The van der Waals surface area contributed by atoms with Gasteiger partial charge < -0.3 is 14.7 Å². The van der Waals surface area contributed by atoms with E-state index in [4.69, 9.17) is 11.6 Å². The number of amides is 2. The Morgan fingerprint density at radius 1 is 1.04 bits per heavy atom. The van der Waals surface area contributed by atoms with Crippen molar-refractivity contribution in [3.8, 4) is 0 Å². The summed E-state index contributed by atoms with van der Waals surface area (Å²) in [6.07, 6.45) is 3.42. The maximum absolute atomic E-state index is 12.9. The molecule has 5 nitrogen and oxygen atoms in total. The third-order valence-electron chi connectivity index (χ3n) is 5.57. The Kier molecular flexibility index (Phi) is 4.59. The van der Waals surface area contributed by atoms with Gasteiger partial charge in [0.25, 0.3) is 0 Å². The molecule has 3 fully saturated rings. The SMILES string of the molecule is O=C([C@H]1CCC(=O)N(C2CC2)C1)N1CCN(c2ccccc2Cl)CC1. The monoisotopic (exact) mass is 361 g/mol. The Bertz CT molecular complexity index is 668. The predicted molar refractivity (Wildman–Crippen MR) is 97.7 cm³/mol. The molecule has 0 unspecified atom stereocenters. The molecular weight excluding hydrogens is 338 g/mol. The van der Waals surface area contributed by atoms with Gasteiger partial charge in [-0.3, -0.25) is 9.59 Å². The first kappa shape index (κ1) is 16.7. The number of likely N-dealkylation sites (tertiary alicyclic amines) is 1. The number of hydrogen-bond acceptors (Lipinski definition) is 3. The maximum atomic E-state index is 12.9. The quantitative estimate of drug-likeness (QED) is 0.830. The van der Waals surface area contributed by atoms with E-state index in [9.17, 15) is 9.59 Å². The van der Waals surface area contributed by atoms with E-state index < -0.39 is 0 Å². The van der Waals surface area contributed by atoms with Crippen LogP contribution in [0.1, 0.15) is 25.7 Å². The number of carbonyl (C=O) groups is 2. The minimum absolute atomic E-state index is 0.0230. The number of rotatable bonds is 3. The fourth-order valence-electron chi connectivity index (χ4n) is 3.95. The Labute approximate surface area is 153 Å². The molecular formula is C19H24ClN3O2. The predicted octanol–water partition coefficient (Wildman–Crippen LogP) is 2.39. The third-order valence-corrected chi connectivity index (χ3v) is 5.89. The Morgan fingerprint density at radius 3 is 2.44 bits per heavy atom. The lowest BCUT2D eigenvalue weighted by Gasteiger charge is -2.40. The summed E-state index contributed by atoms with van der Waals surface area (Å²) in [6, 6.07) is 8.26. The van der Waals surface area contributed by atoms with Crippen LogP contribution in [0.15, 0.2) is 24.3 Å². The average molecular weight is 362 g/mol. The number of nitrogens with zero attached hydrogens (tertiary/aromatic N) is 3. The number of benzene rings is 1. The smallest absolute Gasteiger partial charge is 0.227 e. The molecule has 25 heavy (non-hydrogen) atoms. The van der Waals surface area contributed by atoms with E-state index >= 15 is 0 Å². The topological polar surface area (TPSA) is 43.9 Å². The molecule has 1 atom stereocenters. The van der Waals surface area contributed by atoms with Crippen LogP contribution in [-0.2, 0) is 9.59 Å². The van der Waals surface area contributed by atoms with Gasteiger partial charge in [0.2, 0.25) is 11.8 Å². The lowest BCUT2D eigenvalue weighted by Crippen LogP contribution is -2.53. The lowest BCUT2D eigenvalue weighted by molar-refractivity contribution is -0.143. The highest BCUT2D eigenvalue weighted by atomic mass is 35.5. The summed E-state index contributed by atoms with van der Waals surface area (Å²) in [4.78, 5) is 31.1. The van der Waals surface area contributed by atoms with E-state index in [1.807, 2.05) is 34.1 Å². The molecule has 1 aromatic carbocycles. The third kappa shape index (κ3) is 3.47. The van der Waals surface area contributed by atoms with Crippen molar-refractivity contribution in [1.82, 2.24) is 9.80 Å². The molecule has 0 radical (unpaired) electrons. The summed E-state index contributed by atoms with van der Waals surface area (Å²) in [6.45, 7) is 3.66. The van der Waals surface area contributed by atoms with Gasteiger partial charge in [0.05, 0.1) is 16.6 Å². The van der Waals surface area contributed by atoms with Gasteiger partial charge in [-0.25, -0.2) is 0 Å². The van der Waals surface area contributed by atoms with Crippen molar-refractivity contribution in [3.05, 3.63) is 29.3 Å². The van der Waals surface area contributed by atoms with Crippen LogP contribution in [0.2, 0.25) is 5.02 Å². The number of piperazine rings is 1. The van der Waals surface area contributed by atoms with Crippen LogP contribution in [0.4, 0.5) is 5.69 Å². The second kappa shape index (κ2) is 6.87. The van der Waals surface area contributed by atoms with Crippen LogP contribution in [0.3, 0.4) is 0 Å². The maximum Gasteiger partial charge on any atom is 0.227 e. The van der Waals surface area contributed by atoms with E-state index in [-0.39, 0.29) is 17.7 Å². The normalized spacial score (nSPS) is 24.6. The van der Waals surface area contributed by atoms with Gasteiger partial charge >= 0.3 is 0 Å². The molecule has 0 bridgehead atoms. The van der Waals surface area contributed by atoms with E-state index in [1.165, 1.54) is 0 Å². The minimum Gasteiger partial charge on any atom is -0.367 e. The van der Waals surface area contributed by atoms with Gasteiger partial charge in [-0.2, -0.15) is 0 Å². The first-order valence-corrected chi connectivity index (χ1v) is 9.59. The van der Waals surface area contributed by atoms with Crippen LogP contribution in [0.5, 0.6) is 0 Å². The number of hydrogen-bond donors (Lipinski definition) is 0. The molecule has 1 aliphatic carbocycles. The zero-order valence-corrected chi connectivity index (χ0v) is 15.1. The second-order valence-electron chi connectivity index (χ2n) is 7.28. The number of para-hydroxylation sites is 1. The van der Waals surface area contributed by atoms with Crippen molar-refractivity contribution >= 4 is 29.1 Å². The molecule has 0 aromatic heterocycles. The fraction of sp³-hybridized carbons (Fsp3) is 0.579. The van der Waals surface area contributed by atoms with Crippen molar-refractivity contribution < 1.29 is 9.59 Å². The van der Waals surface area contributed by atoms with Gasteiger partial charge in [-0.1, -0.05) is 23.7 Å². The fourth-order valence-corrected chi connectivity index (χ4v) is 4.20. The van der Waals surface area contributed by atoms with Gasteiger partial charge in [-0.05, 0) is 31.4 Å². The van der Waals surface area contributed by atoms with Crippen LogP contribution < -0.4 is 4.90 Å². The van der Waals surface area contributed by atoms with Crippen LogP contribution in [-0.4, -0.2) is 60.4 Å². The Morgan fingerprint density at radius 2 is 1.76 bits per heavy atom. The summed E-state index contributed by atoms with van der Waals surface area (Å²) in [5.74, 6) is 0.428. The van der Waals surface area contributed by atoms with Crippen molar-refractivity contribution in [2.75, 3.05) is 37.6 Å². The van der Waals surface area contributed by atoms with Crippen LogP contribution in [0, 0.1) is 5.92 Å². The molecule has 2 saturated heterocycles. The molecule has 0 spiro atoms. The van der Waals surface area contributed by atoms with Crippen molar-refractivity contribution in [2.24, 2.45) is 5.92 Å². The van der Waals surface area contributed by atoms with Crippen LogP contribution >= 0.6 is 11.6 Å². The highest BCUT2D eigenvalue weighted by molar-refractivity contribution is 6.33. The summed E-state index contributed by atoms with van der Waals surface area (Å²) >= 11 is 6.28. The van der Waals surface area contributed by atoms with E-state index in [0.717, 1.165) is 49.7 Å². The molecule has 4 rings (SSSR count). The summed E-state index contributed by atoms with van der Waals surface area (Å²) in [5, 5.41) is 0.758. The molecule has 1 saturated carbocycles. The number of piperidine rings is 1. The highest BCUT2D eigenvalue weighted by Gasteiger charge is 2.40. The zero-order chi connectivity index (χ0) is 17.4. The molecule has 2 heterocycles. The van der Waals surface area contributed by atoms with Crippen molar-refractivity contribution in [3.63, 3.8) is 0 Å². The standard InChI is InChI=1S/C19H24ClN3O2/c20-16-3-1-2-4-17(16)21-9-11-22(12-10-21)19(25)14-5-8-18(24)23(13-14)15-6-7-15/h1-4,14-15H,5-13H2/t14-/m0/s1. The van der Waals surface area contributed by atoms with Crippen molar-refractivity contribution in [1.29, 1.82) is 0 Å². The van der Waals surface area contributed by atoms with E-state index in [0.29, 0.717) is 25.4 Å². The lowest BCUT2D eigenvalue weighted by atomic mass is 9.95. The van der Waals surface area contributed by atoms with Crippen molar-refractivity contribution in [2.45, 2.75) is 31.7 Å². The number of carbonyl (C=O) groups excluding carboxylic acids is 2. The Hall–Kier alpha value is -1.75. The average Bonchev–Trinajstić information content (AvgIpc) is 3.47. The van der Waals surface area contributed by atoms with Crippen LogP contribution in [0.25, 0.3) is 0 Å². The minimum atomic E-state index is -0.0230. The van der Waals surface area contributed by atoms with E-state index in [1.54, 1.807) is 0 Å². The zero-order valence-electron chi connectivity index (χ0n) is 14.4. The summed E-state index contributed by atoms with van der Waals surface area (Å²) < 4.78 is 0. The highest BCUT2D eigenvalue weighted by Crippen LogP contribution is 2.32. The van der Waals surface area contributed by atoms with E-state index in [2.05, 4.69) is 4.90 Å². The van der Waals surface area contributed by atoms with Gasteiger partial charge in [-0.15, -0.1) is 0 Å². The number of halogens is 1. The molecule has 6 heteroatoms. The molecule has 1 aromatic rings. The molecule has 0 N–H and O–H groups in total. The molecule has 3 aliphatic rings. The first-order chi connectivity index (χ1) is 12.1. The molecule has 2 amide bonds. The van der Waals surface area contributed by atoms with Gasteiger partial charge in [0.15, 0.2) is 0 Å². The largest absolute Gasteiger partial charge is 0.367 e. The van der Waals surface area contributed by atoms with Gasteiger partial charge in [0.1, 0.15) is 0 Å². The van der Waals surface area contributed by atoms with Gasteiger partial charge in [0, 0.05) is 45.2 Å². The Balaban J connectivity index is 1.35. The molecule has 134 valence electrons. The first-order valence-electron chi connectivity index (χ1n) is 9.21. The summed E-state index contributed by atoms with van der Waals surface area (Å²) in [5.41, 5.74) is 1.04. The molecule has 2 aliphatic heterocycles.